The molecule has 2 heterocycles. The van der Waals surface area contributed by atoms with Crippen LogP contribution in [0.3, 0.4) is 0 Å². The maximum absolute atomic E-state index is 13.1. The highest BCUT2D eigenvalue weighted by atomic mass is 32.2. The molecular weight excluding hydrogens is 442 g/mol. The number of aromatic nitrogens is 1. The van der Waals surface area contributed by atoms with E-state index in [1.54, 1.807) is 30.2 Å². The smallest absolute Gasteiger partial charge is 0.338 e. The fourth-order valence-corrected chi connectivity index (χ4v) is 5.90. The first kappa shape index (κ1) is 22.4. The number of benzene rings is 2. The number of ether oxygens (including phenoxy) is 1. The lowest BCUT2D eigenvalue weighted by Gasteiger charge is -2.36. The van der Waals surface area contributed by atoms with Crippen molar-refractivity contribution in [1.82, 2.24) is 15.2 Å². The maximum atomic E-state index is 13.1. The number of likely N-dealkylation sites (N-methyl/N-ethyl adjacent to an activating group) is 1. The molecule has 1 aliphatic rings. The summed E-state index contributed by atoms with van der Waals surface area (Å²) in [5.74, 6) is -0.00109. The Labute approximate surface area is 195 Å². The molecule has 1 N–H and O–H groups in total. The molecule has 2 amide bonds. The van der Waals surface area contributed by atoms with Crippen molar-refractivity contribution in [3.63, 3.8) is 0 Å². The normalized spacial score (nSPS) is 16.4. The quantitative estimate of drug-likeness (QED) is 0.398. The molecule has 1 aliphatic heterocycles. The zero-order valence-corrected chi connectivity index (χ0v) is 20.1. The van der Waals surface area contributed by atoms with Crippen LogP contribution in [0.1, 0.15) is 29.7 Å². The van der Waals surface area contributed by atoms with Gasteiger partial charge in [-0.15, -0.1) is 11.3 Å². The van der Waals surface area contributed by atoms with Gasteiger partial charge in [-0.2, -0.15) is 0 Å². The van der Waals surface area contributed by atoms with Crippen LogP contribution in [-0.4, -0.2) is 41.3 Å². The molecule has 0 bridgehead atoms. The van der Waals surface area contributed by atoms with Gasteiger partial charge < -0.3 is 15.0 Å². The third kappa shape index (κ3) is 4.38. The Bertz CT molecular complexity index is 1190. The predicted octanol–water partition coefficient (Wildman–Crippen LogP) is 5.22. The third-order valence-corrected chi connectivity index (χ3v) is 7.60. The number of rotatable bonds is 6. The number of thiazole rings is 1. The fourth-order valence-electron chi connectivity index (χ4n) is 3.86. The van der Waals surface area contributed by atoms with Gasteiger partial charge in [0.2, 0.25) is 0 Å². The molecule has 0 saturated carbocycles. The number of hydrogen-bond acceptors (Lipinski definition) is 6. The van der Waals surface area contributed by atoms with Crippen LogP contribution in [0.2, 0.25) is 0 Å². The Morgan fingerprint density at radius 2 is 2.03 bits per heavy atom. The second-order valence-corrected chi connectivity index (χ2v) is 9.91. The first-order valence-electron chi connectivity index (χ1n) is 10.4. The number of amides is 2. The van der Waals surface area contributed by atoms with Gasteiger partial charge >= 0.3 is 12.0 Å². The minimum absolute atomic E-state index is 0.247. The largest absolute Gasteiger partial charge is 0.463 e. The number of para-hydroxylation sites is 1. The van der Waals surface area contributed by atoms with Crippen LogP contribution in [0, 0.1) is 13.8 Å². The molecule has 166 valence electrons. The van der Waals surface area contributed by atoms with Crippen molar-refractivity contribution in [2.24, 2.45) is 0 Å². The molecule has 0 fully saturated rings. The molecule has 0 aliphatic carbocycles. The zero-order valence-electron chi connectivity index (χ0n) is 18.5. The molecule has 6 nitrogen and oxygen atoms in total. The van der Waals surface area contributed by atoms with Crippen LogP contribution in [0.5, 0.6) is 0 Å². The number of hydrogen-bond donors (Lipinski definition) is 1. The molecule has 4 rings (SSSR count). The van der Waals surface area contributed by atoms with Crippen molar-refractivity contribution in [3.05, 3.63) is 70.4 Å². The van der Waals surface area contributed by atoms with E-state index in [0.29, 0.717) is 17.0 Å². The summed E-state index contributed by atoms with van der Waals surface area (Å²) in [5, 5.41) is 2.91. The summed E-state index contributed by atoms with van der Waals surface area (Å²) >= 11 is 3.11. The van der Waals surface area contributed by atoms with Crippen LogP contribution in [-0.2, 0) is 9.53 Å². The van der Waals surface area contributed by atoms with Crippen molar-refractivity contribution < 1.29 is 14.3 Å². The molecule has 1 atom stereocenters. The third-order valence-electron chi connectivity index (χ3n) is 5.39. The number of esters is 1. The van der Waals surface area contributed by atoms with E-state index in [0.717, 1.165) is 31.2 Å². The maximum Gasteiger partial charge on any atom is 0.338 e. The second kappa shape index (κ2) is 9.34. The van der Waals surface area contributed by atoms with Crippen LogP contribution >= 0.6 is 23.1 Å². The molecule has 3 aromatic rings. The predicted molar refractivity (Wildman–Crippen MR) is 129 cm³/mol. The van der Waals surface area contributed by atoms with Crippen molar-refractivity contribution >= 4 is 45.3 Å². The van der Waals surface area contributed by atoms with Gasteiger partial charge in [0.1, 0.15) is 0 Å². The SMILES string of the molecule is CCOC(=O)C1=C(CSc2nc3ccccc3s2)NC(=O)N(C)C1c1ccc(C)cc1C. The Balaban J connectivity index is 1.74. The molecule has 8 heteroatoms. The Morgan fingerprint density at radius 3 is 2.75 bits per heavy atom. The first-order valence-corrected chi connectivity index (χ1v) is 12.2. The number of fused-ring (bicyclic) bond motifs is 1. The van der Waals surface area contributed by atoms with Crippen molar-refractivity contribution in [2.45, 2.75) is 31.2 Å². The van der Waals surface area contributed by atoms with Crippen molar-refractivity contribution in [1.29, 1.82) is 0 Å². The summed E-state index contributed by atoms with van der Waals surface area (Å²) < 4.78 is 7.41. The van der Waals surface area contributed by atoms with Gasteiger partial charge in [-0.3, -0.25) is 0 Å². The summed E-state index contributed by atoms with van der Waals surface area (Å²) in [6.07, 6.45) is 0. The Hall–Kier alpha value is -2.84. The fraction of sp³-hybridized carbons (Fsp3) is 0.292. The molecule has 32 heavy (non-hydrogen) atoms. The van der Waals surface area contributed by atoms with E-state index in [1.807, 2.05) is 50.2 Å². The van der Waals surface area contributed by atoms with E-state index in [1.165, 1.54) is 11.8 Å². The number of nitrogens with one attached hydrogen (secondary N) is 1. The number of thioether (sulfide) groups is 1. The highest BCUT2D eigenvalue weighted by Crippen LogP contribution is 2.37. The lowest BCUT2D eigenvalue weighted by molar-refractivity contribution is -0.139. The Kier molecular flexibility index (Phi) is 6.53. The number of carbonyl (C=O) groups excluding carboxylic acids is 2. The van der Waals surface area contributed by atoms with Gasteiger partial charge in [0.25, 0.3) is 0 Å². The van der Waals surface area contributed by atoms with Crippen molar-refractivity contribution in [2.75, 3.05) is 19.4 Å². The molecule has 1 unspecified atom stereocenters. The van der Waals surface area contributed by atoms with E-state index in [9.17, 15) is 9.59 Å². The van der Waals surface area contributed by atoms with Gasteiger partial charge in [-0.05, 0) is 44.0 Å². The lowest BCUT2D eigenvalue weighted by Crippen LogP contribution is -2.47. The van der Waals surface area contributed by atoms with Gasteiger partial charge in [-0.25, -0.2) is 14.6 Å². The van der Waals surface area contributed by atoms with Gasteiger partial charge in [0, 0.05) is 18.5 Å². The minimum atomic E-state index is -0.519. The monoisotopic (exact) mass is 467 g/mol. The molecule has 2 aromatic carbocycles. The highest BCUT2D eigenvalue weighted by Gasteiger charge is 2.38. The molecule has 0 saturated heterocycles. The van der Waals surface area contributed by atoms with E-state index in [4.69, 9.17) is 4.74 Å². The number of urea groups is 1. The minimum Gasteiger partial charge on any atom is -0.463 e. The molecule has 0 spiro atoms. The standard InChI is InChI=1S/C24H25N3O3S2/c1-5-30-22(28)20-18(13-31-24-26-17-8-6-7-9-19(17)32-24)25-23(29)27(4)21(20)16-11-10-14(2)12-15(16)3/h6-12,21H,5,13H2,1-4H3,(H,25,29). The number of aryl methyl sites for hydroxylation is 2. The average Bonchev–Trinajstić information content (AvgIpc) is 3.18. The van der Waals surface area contributed by atoms with Crippen LogP contribution in [0.15, 0.2) is 58.1 Å². The second-order valence-electron chi connectivity index (χ2n) is 7.65. The van der Waals surface area contributed by atoms with E-state index in [2.05, 4.69) is 16.4 Å². The average molecular weight is 468 g/mol. The van der Waals surface area contributed by atoms with Gasteiger partial charge in [0.15, 0.2) is 4.34 Å². The zero-order chi connectivity index (χ0) is 22.8. The van der Waals surface area contributed by atoms with Crippen LogP contribution in [0.25, 0.3) is 10.2 Å². The molecular formula is C24H25N3O3S2. The van der Waals surface area contributed by atoms with Gasteiger partial charge in [0.05, 0.1) is 28.4 Å². The summed E-state index contributed by atoms with van der Waals surface area (Å²) in [4.78, 5) is 32.2. The van der Waals surface area contributed by atoms with Crippen LogP contribution < -0.4 is 5.32 Å². The van der Waals surface area contributed by atoms with Crippen molar-refractivity contribution in [3.8, 4) is 0 Å². The topological polar surface area (TPSA) is 71.5 Å². The summed E-state index contributed by atoms with van der Waals surface area (Å²) in [5.41, 5.74) is 5.05. The number of nitrogens with zero attached hydrogens (tertiary/aromatic N) is 2. The Morgan fingerprint density at radius 1 is 1.25 bits per heavy atom. The van der Waals surface area contributed by atoms with E-state index >= 15 is 0 Å². The number of carbonyl (C=O) groups is 2. The molecule has 1 aromatic heterocycles. The molecule has 0 radical (unpaired) electrons. The first-order chi connectivity index (χ1) is 15.4. The van der Waals surface area contributed by atoms with E-state index in [-0.39, 0.29) is 12.6 Å². The summed E-state index contributed by atoms with van der Waals surface area (Å²) in [6, 6.07) is 13.3. The van der Waals surface area contributed by atoms with E-state index < -0.39 is 12.0 Å². The summed E-state index contributed by atoms with van der Waals surface area (Å²) in [6.45, 7) is 6.07. The van der Waals surface area contributed by atoms with Crippen LogP contribution in [0.4, 0.5) is 4.79 Å². The van der Waals surface area contributed by atoms with Gasteiger partial charge in [-0.1, -0.05) is 47.7 Å². The highest BCUT2D eigenvalue weighted by molar-refractivity contribution is 8.01. The lowest BCUT2D eigenvalue weighted by atomic mass is 9.90. The summed E-state index contributed by atoms with van der Waals surface area (Å²) in [7, 11) is 1.70.